The number of hydrogen-bond acceptors (Lipinski definition) is 4. The fraction of sp³-hybridized carbons (Fsp3) is 0.688. The molecule has 1 saturated heterocycles. The van der Waals surface area contributed by atoms with Crippen LogP contribution in [0.25, 0.3) is 0 Å². The standard InChI is InChI=1S/C16H26N2O2S/c1-16(2)12(8-9-18(16)4)10-17(3)15(19)14-7-6-13(21-14)11-20-5/h6-7,12H,8-11H2,1-5H3/t12-/m1/s1. The van der Waals surface area contributed by atoms with Gasteiger partial charge in [-0.25, -0.2) is 0 Å². The Labute approximate surface area is 131 Å². The van der Waals surface area contributed by atoms with Gasteiger partial charge in [-0.3, -0.25) is 4.79 Å². The number of hydrogen-bond donors (Lipinski definition) is 0. The Morgan fingerprint density at radius 3 is 2.81 bits per heavy atom. The lowest BCUT2D eigenvalue weighted by atomic mass is 9.88. The van der Waals surface area contributed by atoms with Crippen molar-refractivity contribution in [3.05, 3.63) is 21.9 Å². The van der Waals surface area contributed by atoms with Gasteiger partial charge in [0.1, 0.15) is 0 Å². The van der Waals surface area contributed by atoms with Gasteiger partial charge in [-0.1, -0.05) is 0 Å². The minimum Gasteiger partial charge on any atom is -0.379 e. The van der Waals surface area contributed by atoms with Crippen LogP contribution in [0.5, 0.6) is 0 Å². The van der Waals surface area contributed by atoms with Crippen molar-refractivity contribution in [2.24, 2.45) is 5.92 Å². The van der Waals surface area contributed by atoms with Crippen LogP contribution in [0.1, 0.15) is 34.8 Å². The van der Waals surface area contributed by atoms with Gasteiger partial charge in [0.2, 0.25) is 0 Å². The molecule has 1 aromatic heterocycles. The molecule has 0 aromatic carbocycles. The molecule has 0 radical (unpaired) electrons. The molecule has 0 aliphatic carbocycles. The average molecular weight is 310 g/mol. The molecule has 118 valence electrons. The molecule has 0 bridgehead atoms. The molecule has 2 rings (SSSR count). The van der Waals surface area contributed by atoms with Crippen molar-refractivity contribution in [3.8, 4) is 0 Å². The highest BCUT2D eigenvalue weighted by molar-refractivity contribution is 7.14. The summed E-state index contributed by atoms with van der Waals surface area (Å²) in [7, 11) is 5.75. The first-order valence-corrected chi connectivity index (χ1v) is 8.22. The van der Waals surface area contributed by atoms with Crippen LogP contribution in [0.2, 0.25) is 0 Å². The van der Waals surface area contributed by atoms with Crippen molar-refractivity contribution in [2.75, 3.05) is 34.3 Å². The number of amides is 1. The van der Waals surface area contributed by atoms with Crippen molar-refractivity contribution in [1.29, 1.82) is 0 Å². The summed E-state index contributed by atoms with van der Waals surface area (Å²) in [6.07, 6.45) is 1.15. The molecule has 1 aromatic rings. The summed E-state index contributed by atoms with van der Waals surface area (Å²) in [4.78, 5) is 18.7. The SMILES string of the molecule is COCc1ccc(C(=O)N(C)C[C@H]2CCN(C)C2(C)C)s1. The molecule has 1 aliphatic heterocycles. The number of methoxy groups -OCH3 is 1. The van der Waals surface area contributed by atoms with E-state index in [0.717, 1.165) is 29.3 Å². The molecule has 1 amide bonds. The molecule has 5 heteroatoms. The third kappa shape index (κ3) is 3.47. The van der Waals surface area contributed by atoms with E-state index in [1.54, 1.807) is 7.11 Å². The largest absolute Gasteiger partial charge is 0.379 e. The van der Waals surface area contributed by atoms with Crippen LogP contribution < -0.4 is 0 Å². The summed E-state index contributed by atoms with van der Waals surface area (Å²) in [6.45, 7) is 7.03. The van der Waals surface area contributed by atoms with E-state index in [-0.39, 0.29) is 11.4 Å². The fourth-order valence-electron chi connectivity index (χ4n) is 2.93. The lowest BCUT2D eigenvalue weighted by molar-refractivity contribution is 0.0733. The van der Waals surface area contributed by atoms with Crippen LogP contribution in [0.4, 0.5) is 0 Å². The molecule has 0 unspecified atom stereocenters. The average Bonchev–Trinajstić information content (AvgIpc) is 2.98. The van der Waals surface area contributed by atoms with E-state index < -0.39 is 0 Å². The van der Waals surface area contributed by atoms with Gasteiger partial charge < -0.3 is 14.5 Å². The second kappa shape index (κ2) is 6.46. The van der Waals surface area contributed by atoms with Crippen molar-refractivity contribution in [2.45, 2.75) is 32.4 Å². The summed E-state index contributed by atoms with van der Waals surface area (Å²) in [5, 5.41) is 0. The van der Waals surface area contributed by atoms with Gasteiger partial charge >= 0.3 is 0 Å². The Hall–Kier alpha value is -0.910. The highest BCUT2D eigenvalue weighted by Crippen LogP contribution is 2.33. The third-order valence-electron chi connectivity index (χ3n) is 4.80. The van der Waals surface area contributed by atoms with Crippen LogP contribution in [0.3, 0.4) is 0 Å². The molecule has 0 N–H and O–H groups in total. The van der Waals surface area contributed by atoms with Gasteiger partial charge in [0.25, 0.3) is 5.91 Å². The van der Waals surface area contributed by atoms with Gasteiger partial charge in [-0.2, -0.15) is 0 Å². The zero-order chi connectivity index (χ0) is 15.6. The number of carbonyl (C=O) groups excluding carboxylic acids is 1. The fourth-order valence-corrected chi connectivity index (χ4v) is 3.91. The summed E-state index contributed by atoms with van der Waals surface area (Å²) >= 11 is 1.53. The smallest absolute Gasteiger partial charge is 0.263 e. The number of carbonyl (C=O) groups is 1. The minimum atomic E-state index is 0.118. The first-order chi connectivity index (χ1) is 9.86. The van der Waals surface area contributed by atoms with E-state index in [1.165, 1.54) is 11.3 Å². The number of rotatable bonds is 5. The van der Waals surface area contributed by atoms with Gasteiger partial charge in [-0.05, 0) is 51.9 Å². The molecular weight excluding hydrogens is 284 g/mol. The summed E-state index contributed by atoms with van der Waals surface area (Å²) in [5.74, 6) is 0.641. The lowest BCUT2D eigenvalue weighted by Crippen LogP contribution is -2.44. The van der Waals surface area contributed by atoms with E-state index in [0.29, 0.717) is 12.5 Å². The van der Waals surface area contributed by atoms with Gasteiger partial charge in [0, 0.05) is 31.1 Å². The lowest BCUT2D eigenvalue weighted by Gasteiger charge is -2.35. The molecule has 0 spiro atoms. The molecule has 21 heavy (non-hydrogen) atoms. The predicted molar refractivity (Wildman–Crippen MR) is 86.8 cm³/mol. The first-order valence-electron chi connectivity index (χ1n) is 7.40. The van der Waals surface area contributed by atoms with Crippen molar-refractivity contribution in [3.63, 3.8) is 0 Å². The molecule has 4 nitrogen and oxygen atoms in total. The monoisotopic (exact) mass is 310 g/mol. The van der Waals surface area contributed by atoms with Gasteiger partial charge in [-0.15, -0.1) is 11.3 Å². The molecule has 2 heterocycles. The molecule has 1 atom stereocenters. The van der Waals surface area contributed by atoms with E-state index in [1.807, 2.05) is 24.1 Å². The van der Waals surface area contributed by atoms with E-state index in [4.69, 9.17) is 4.74 Å². The van der Waals surface area contributed by atoms with Crippen LogP contribution in [-0.4, -0.2) is 55.5 Å². The van der Waals surface area contributed by atoms with Gasteiger partial charge in [0.05, 0.1) is 11.5 Å². The Morgan fingerprint density at radius 1 is 1.52 bits per heavy atom. The van der Waals surface area contributed by atoms with E-state index in [2.05, 4.69) is 25.8 Å². The summed E-state index contributed by atoms with van der Waals surface area (Å²) in [6, 6.07) is 3.88. The quantitative estimate of drug-likeness (QED) is 0.838. The van der Waals surface area contributed by atoms with Crippen LogP contribution in [-0.2, 0) is 11.3 Å². The highest BCUT2D eigenvalue weighted by atomic mass is 32.1. The van der Waals surface area contributed by atoms with E-state index >= 15 is 0 Å². The Balaban J connectivity index is 1.99. The maximum absolute atomic E-state index is 12.5. The van der Waals surface area contributed by atoms with Crippen molar-refractivity contribution in [1.82, 2.24) is 9.80 Å². The maximum Gasteiger partial charge on any atom is 0.263 e. The second-order valence-electron chi connectivity index (χ2n) is 6.45. The topological polar surface area (TPSA) is 32.8 Å². The van der Waals surface area contributed by atoms with Crippen molar-refractivity contribution < 1.29 is 9.53 Å². The highest BCUT2D eigenvalue weighted by Gasteiger charge is 2.39. The zero-order valence-electron chi connectivity index (χ0n) is 13.7. The van der Waals surface area contributed by atoms with Crippen LogP contribution >= 0.6 is 11.3 Å². The molecule has 1 aliphatic rings. The normalized spacial score (nSPS) is 21.7. The number of thiophene rings is 1. The third-order valence-corrected chi connectivity index (χ3v) is 5.84. The Kier molecular flexibility index (Phi) is 5.07. The van der Waals surface area contributed by atoms with Gasteiger partial charge in [0.15, 0.2) is 0 Å². The summed E-state index contributed by atoms with van der Waals surface area (Å²) < 4.78 is 5.11. The second-order valence-corrected chi connectivity index (χ2v) is 7.61. The van der Waals surface area contributed by atoms with Crippen LogP contribution in [0.15, 0.2) is 12.1 Å². The predicted octanol–water partition coefficient (Wildman–Crippen LogP) is 2.70. The molecule has 1 fully saturated rings. The first kappa shape index (κ1) is 16.5. The number of nitrogens with zero attached hydrogens (tertiary/aromatic N) is 2. The Morgan fingerprint density at radius 2 is 2.24 bits per heavy atom. The van der Waals surface area contributed by atoms with Crippen LogP contribution in [0, 0.1) is 5.92 Å². The van der Waals surface area contributed by atoms with E-state index in [9.17, 15) is 4.79 Å². The maximum atomic E-state index is 12.5. The van der Waals surface area contributed by atoms with Crippen molar-refractivity contribution >= 4 is 17.2 Å². The molecular formula is C16H26N2O2S. The molecule has 0 saturated carbocycles. The minimum absolute atomic E-state index is 0.118. The summed E-state index contributed by atoms with van der Waals surface area (Å²) in [5.41, 5.74) is 0.158. The number of likely N-dealkylation sites (tertiary alicyclic amines) is 1. The number of ether oxygens (including phenoxy) is 1. The zero-order valence-corrected chi connectivity index (χ0v) is 14.5. The Bertz CT molecular complexity index is 498.